The largest absolute Gasteiger partial charge is 0.305 e. The topological polar surface area (TPSA) is 63.4 Å². The van der Waals surface area contributed by atoms with E-state index in [0.717, 1.165) is 6.54 Å². The highest BCUT2D eigenvalue weighted by Crippen LogP contribution is 2.11. The van der Waals surface area contributed by atoms with E-state index in [0.29, 0.717) is 13.0 Å². The maximum Gasteiger partial charge on any atom is 0.213 e. The second-order valence-electron chi connectivity index (χ2n) is 2.76. The minimum Gasteiger partial charge on any atom is -0.305 e. The van der Waals surface area contributed by atoms with Crippen molar-refractivity contribution in [3.05, 3.63) is 0 Å². The van der Waals surface area contributed by atoms with Crippen molar-refractivity contribution in [3.63, 3.8) is 0 Å². The average Bonchev–Trinajstić information content (AvgIpc) is 2.39. The maximum atomic E-state index is 10.7. The summed E-state index contributed by atoms with van der Waals surface area (Å²) in [5.41, 5.74) is 0. The van der Waals surface area contributed by atoms with Crippen LogP contribution in [-0.2, 0) is 10.0 Å². The van der Waals surface area contributed by atoms with Gasteiger partial charge in [-0.3, -0.25) is 0 Å². The molecule has 74 valence electrons. The van der Waals surface area contributed by atoms with Crippen LogP contribution in [0, 0.1) is 0 Å². The Labute approximate surface area is 74.8 Å². The third kappa shape index (κ3) is 3.51. The van der Waals surface area contributed by atoms with Gasteiger partial charge in [0, 0.05) is 6.54 Å². The highest BCUT2D eigenvalue weighted by molar-refractivity contribution is 7.89. The summed E-state index contributed by atoms with van der Waals surface area (Å²) in [6, 6.07) is 0. The fourth-order valence-electron chi connectivity index (χ4n) is 1.16. The van der Waals surface area contributed by atoms with E-state index in [9.17, 15) is 8.42 Å². The second kappa shape index (κ2) is 4.79. The SMILES string of the molecule is CC.CN1CCC(S(N)(=O)=O)C1. The van der Waals surface area contributed by atoms with E-state index >= 15 is 0 Å². The molecule has 1 fully saturated rings. The smallest absolute Gasteiger partial charge is 0.213 e. The first-order valence-electron chi connectivity index (χ1n) is 4.20. The summed E-state index contributed by atoms with van der Waals surface area (Å²) in [5, 5.41) is 4.61. The summed E-state index contributed by atoms with van der Waals surface area (Å²) in [7, 11) is -1.38. The van der Waals surface area contributed by atoms with Crippen molar-refractivity contribution >= 4 is 10.0 Å². The summed E-state index contributed by atoms with van der Waals surface area (Å²) in [6.45, 7) is 5.42. The molecule has 1 saturated heterocycles. The van der Waals surface area contributed by atoms with Gasteiger partial charge >= 0.3 is 0 Å². The normalized spacial score (nSPS) is 24.8. The molecule has 0 aliphatic carbocycles. The Morgan fingerprint density at radius 2 is 1.92 bits per heavy atom. The monoisotopic (exact) mass is 194 g/mol. The van der Waals surface area contributed by atoms with E-state index in [4.69, 9.17) is 5.14 Å². The van der Waals surface area contributed by atoms with Gasteiger partial charge in [0.15, 0.2) is 0 Å². The van der Waals surface area contributed by atoms with E-state index in [2.05, 4.69) is 0 Å². The van der Waals surface area contributed by atoms with Gasteiger partial charge in [-0.15, -0.1) is 0 Å². The van der Waals surface area contributed by atoms with E-state index in [1.807, 2.05) is 25.8 Å². The van der Waals surface area contributed by atoms with Gasteiger partial charge in [0.2, 0.25) is 10.0 Å². The molecule has 0 spiro atoms. The lowest BCUT2D eigenvalue weighted by atomic mass is 10.4. The van der Waals surface area contributed by atoms with Crippen LogP contribution < -0.4 is 5.14 Å². The Bertz CT molecular complexity index is 213. The standard InChI is InChI=1S/C5H12N2O2S.C2H6/c1-7-3-2-5(4-7)10(6,8)9;1-2/h5H,2-4H2,1H3,(H2,6,8,9);1-2H3. The highest BCUT2D eigenvalue weighted by Gasteiger charge is 2.28. The van der Waals surface area contributed by atoms with Gasteiger partial charge in [0.25, 0.3) is 0 Å². The Balaban J connectivity index is 0.000000561. The molecule has 0 aromatic carbocycles. The van der Waals surface area contributed by atoms with Crippen molar-refractivity contribution in [2.75, 3.05) is 20.1 Å². The number of hydrogen-bond donors (Lipinski definition) is 1. The van der Waals surface area contributed by atoms with Gasteiger partial charge in [-0.1, -0.05) is 13.8 Å². The summed E-state index contributed by atoms with van der Waals surface area (Å²) in [4.78, 5) is 1.97. The molecule has 1 rings (SSSR count). The first-order chi connectivity index (χ1) is 5.50. The van der Waals surface area contributed by atoms with E-state index in [1.54, 1.807) is 0 Å². The molecule has 0 amide bonds. The number of nitrogens with zero attached hydrogens (tertiary/aromatic N) is 1. The van der Waals surface area contributed by atoms with Gasteiger partial charge in [-0.2, -0.15) is 0 Å². The van der Waals surface area contributed by atoms with Crippen molar-refractivity contribution in [1.82, 2.24) is 4.90 Å². The third-order valence-corrected chi connectivity index (χ3v) is 3.13. The molecule has 0 radical (unpaired) electrons. The minimum atomic E-state index is -3.28. The molecule has 5 heteroatoms. The molecular formula is C7H18N2O2S. The van der Waals surface area contributed by atoms with Crippen molar-refractivity contribution < 1.29 is 8.42 Å². The highest BCUT2D eigenvalue weighted by atomic mass is 32.2. The summed E-state index contributed by atoms with van der Waals surface area (Å²) in [5.74, 6) is 0. The Morgan fingerprint density at radius 1 is 1.42 bits per heavy atom. The molecule has 2 N–H and O–H groups in total. The lowest BCUT2D eigenvalue weighted by Crippen LogP contribution is -2.30. The number of primary sulfonamides is 1. The quantitative estimate of drug-likeness (QED) is 0.639. The Kier molecular flexibility index (Phi) is 4.74. The van der Waals surface area contributed by atoms with Crippen LogP contribution >= 0.6 is 0 Å². The number of rotatable bonds is 1. The van der Waals surface area contributed by atoms with Gasteiger partial charge < -0.3 is 4.90 Å². The molecule has 0 aromatic heterocycles. The van der Waals surface area contributed by atoms with Crippen molar-refractivity contribution in [3.8, 4) is 0 Å². The molecule has 0 saturated carbocycles. The summed E-state index contributed by atoms with van der Waals surface area (Å²) in [6.07, 6.45) is 0.676. The van der Waals surface area contributed by atoms with Gasteiger partial charge in [-0.25, -0.2) is 13.6 Å². The van der Waals surface area contributed by atoms with Gasteiger partial charge in [0.1, 0.15) is 0 Å². The molecule has 1 aliphatic heterocycles. The number of nitrogens with two attached hydrogens (primary N) is 1. The molecule has 12 heavy (non-hydrogen) atoms. The van der Waals surface area contributed by atoms with Crippen LogP contribution in [0.5, 0.6) is 0 Å². The van der Waals surface area contributed by atoms with Crippen LogP contribution in [0.2, 0.25) is 0 Å². The second-order valence-corrected chi connectivity index (χ2v) is 4.61. The number of sulfonamides is 1. The molecule has 0 aromatic rings. The first kappa shape index (κ1) is 11.9. The summed E-state index contributed by atoms with van der Waals surface area (Å²) >= 11 is 0. The molecular weight excluding hydrogens is 176 g/mol. The van der Waals surface area contributed by atoms with Crippen molar-refractivity contribution in [2.24, 2.45) is 5.14 Å². The van der Waals surface area contributed by atoms with Crippen molar-refractivity contribution in [2.45, 2.75) is 25.5 Å². The molecule has 1 aliphatic rings. The molecule has 1 unspecified atom stereocenters. The Morgan fingerprint density at radius 3 is 2.08 bits per heavy atom. The minimum absolute atomic E-state index is 0.336. The predicted octanol–water partition coefficient (Wildman–Crippen LogP) is 0.00520. The van der Waals surface area contributed by atoms with Crippen LogP contribution in [-0.4, -0.2) is 38.7 Å². The lowest BCUT2D eigenvalue weighted by Gasteiger charge is -2.06. The zero-order valence-corrected chi connectivity index (χ0v) is 8.76. The fraction of sp³-hybridized carbons (Fsp3) is 1.00. The third-order valence-electron chi connectivity index (χ3n) is 1.81. The van der Waals surface area contributed by atoms with Gasteiger partial charge in [0.05, 0.1) is 5.25 Å². The molecule has 1 atom stereocenters. The van der Waals surface area contributed by atoms with Gasteiger partial charge in [-0.05, 0) is 20.0 Å². The van der Waals surface area contributed by atoms with Crippen LogP contribution in [0.4, 0.5) is 0 Å². The van der Waals surface area contributed by atoms with Crippen LogP contribution in [0.25, 0.3) is 0 Å². The summed E-state index contributed by atoms with van der Waals surface area (Å²) < 4.78 is 21.5. The van der Waals surface area contributed by atoms with E-state index in [1.165, 1.54) is 0 Å². The molecule has 4 nitrogen and oxygen atoms in total. The zero-order chi connectivity index (χ0) is 9.78. The first-order valence-corrected chi connectivity index (χ1v) is 5.81. The van der Waals surface area contributed by atoms with E-state index in [-0.39, 0.29) is 5.25 Å². The average molecular weight is 194 g/mol. The fourth-order valence-corrected chi connectivity index (χ4v) is 2.06. The van der Waals surface area contributed by atoms with Crippen molar-refractivity contribution in [1.29, 1.82) is 0 Å². The maximum absolute atomic E-state index is 10.7. The number of hydrogen-bond acceptors (Lipinski definition) is 3. The van der Waals surface area contributed by atoms with Crippen LogP contribution in [0.15, 0.2) is 0 Å². The van der Waals surface area contributed by atoms with Crippen LogP contribution in [0.1, 0.15) is 20.3 Å². The predicted molar refractivity (Wildman–Crippen MR) is 50.4 cm³/mol. The molecule has 1 heterocycles. The lowest BCUT2D eigenvalue weighted by molar-refractivity contribution is 0.417. The zero-order valence-electron chi connectivity index (χ0n) is 7.95. The number of likely N-dealkylation sites (tertiary alicyclic amines) is 1. The Hall–Kier alpha value is -0.130. The molecule has 0 bridgehead atoms. The van der Waals surface area contributed by atoms with E-state index < -0.39 is 10.0 Å². The van der Waals surface area contributed by atoms with Crippen LogP contribution in [0.3, 0.4) is 0 Å².